The van der Waals surface area contributed by atoms with Gasteiger partial charge in [0.1, 0.15) is 5.75 Å². The number of rotatable bonds is 1. The van der Waals surface area contributed by atoms with E-state index in [2.05, 4.69) is 0 Å². The Morgan fingerprint density at radius 3 is 2.55 bits per heavy atom. The van der Waals surface area contributed by atoms with Crippen molar-refractivity contribution in [3.63, 3.8) is 0 Å². The molecule has 0 spiro atoms. The number of hydrogen-bond donors (Lipinski definition) is 2. The lowest BCUT2D eigenvalue weighted by molar-refractivity contribution is 0.0802. The lowest BCUT2D eigenvalue weighted by atomic mass is 9.94. The van der Waals surface area contributed by atoms with Gasteiger partial charge < -0.3 is 10.2 Å². The summed E-state index contributed by atoms with van der Waals surface area (Å²) in [6, 6.07) is 10.2. The highest BCUT2D eigenvalue weighted by atomic mass is 32.1. The third-order valence-corrected chi connectivity index (χ3v) is 4.46. The highest BCUT2D eigenvalue weighted by Gasteiger charge is 2.21. The van der Waals surface area contributed by atoms with Crippen LogP contribution in [-0.4, -0.2) is 10.2 Å². The smallest absolute Gasteiger partial charge is 0.196 e. The van der Waals surface area contributed by atoms with Gasteiger partial charge in [-0.05, 0) is 43.7 Å². The summed E-state index contributed by atoms with van der Waals surface area (Å²) in [6.45, 7) is 3.35. The fourth-order valence-electron chi connectivity index (χ4n) is 2.40. The van der Waals surface area contributed by atoms with Crippen molar-refractivity contribution >= 4 is 31.5 Å². The summed E-state index contributed by atoms with van der Waals surface area (Å²) in [5.41, 5.74) is -0.548. The van der Waals surface area contributed by atoms with Gasteiger partial charge in [0.2, 0.25) is 0 Å². The van der Waals surface area contributed by atoms with E-state index < -0.39 is 5.60 Å². The zero-order chi connectivity index (χ0) is 14.5. The molecule has 0 amide bonds. The van der Waals surface area contributed by atoms with Gasteiger partial charge in [-0.15, -0.1) is 11.3 Å². The number of aliphatic hydroxyl groups is 1. The molecule has 3 nitrogen and oxygen atoms in total. The normalized spacial score (nSPS) is 12.2. The van der Waals surface area contributed by atoms with Crippen LogP contribution in [0.5, 0.6) is 5.75 Å². The van der Waals surface area contributed by atoms with Gasteiger partial charge in [0.25, 0.3) is 0 Å². The SMILES string of the molecule is CC(C)(O)c1cccc2sc3cc(O)ccc3c(=O)c12. The Morgan fingerprint density at radius 2 is 1.85 bits per heavy atom. The Bertz CT molecular complexity index is 872. The monoisotopic (exact) mass is 286 g/mol. The highest BCUT2D eigenvalue weighted by Crippen LogP contribution is 2.32. The van der Waals surface area contributed by atoms with Crippen LogP contribution in [0.25, 0.3) is 20.2 Å². The van der Waals surface area contributed by atoms with E-state index in [0.717, 1.165) is 9.40 Å². The van der Waals surface area contributed by atoms with Crippen LogP contribution in [0.1, 0.15) is 19.4 Å². The predicted octanol–water partition coefficient (Wildman–Crippen LogP) is 3.35. The standard InChI is InChI=1S/C16H14O3S/c1-16(2,19)11-4-3-5-12-14(11)15(18)10-7-6-9(17)8-13(10)20-12/h3-8,17,19H,1-2H3. The number of phenolic OH excluding ortho intramolecular Hbond substituents is 1. The molecule has 20 heavy (non-hydrogen) atoms. The van der Waals surface area contributed by atoms with E-state index in [4.69, 9.17) is 0 Å². The zero-order valence-electron chi connectivity index (χ0n) is 11.2. The Balaban J connectivity index is 2.55. The van der Waals surface area contributed by atoms with Crippen molar-refractivity contribution in [2.75, 3.05) is 0 Å². The predicted molar refractivity (Wildman–Crippen MR) is 82.5 cm³/mol. The van der Waals surface area contributed by atoms with Crippen molar-refractivity contribution in [2.24, 2.45) is 0 Å². The topological polar surface area (TPSA) is 57.5 Å². The van der Waals surface area contributed by atoms with E-state index in [1.54, 1.807) is 32.0 Å². The lowest BCUT2D eigenvalue weighted by Crippen LogP contribution is -2.18. The van der Waals surface area contributed by atoms with Gasteiger partial charge in [-0.25, -0.2) is 0 Å². The van der Waals surface area contributed by atoms with Crippen LogP contribution in [0.15, 0.2) is 41.2 Å². The quantitative estimate of drug-likeness (QED) is 0.674. The van der Waals surface area contributed by atoms with Crippen LogP contribution >= 0.6 is 11.3 Å². The number of fused-ring (bicyclic) bond motifs is 2. The molecule has 0 radical (unpaired) electrons. The largest absolute Gasteiger partial charge is 0.508 e. The van der Waals surface area contributed by atoms with Crippen molar-refractivity contribution < 1.29 is 10.2 Å². The van der Waals surface area contributed by atoms with E-state index in [-0.39, 0.29) is 11.2 Å². The van der Waals surface area contributed by atoms with Gasteiger partial charge in [0, 0.05) is 20.2 Å². The van der Waals surface area contributed by atoms with Crippen LogP contribution in [0.3, 0.4) is 0 Å². The Kier molecular flexibility index (Phi) is 2.81. The molecule has 0 unspecified atom stereocenters. The molecule has 0 saturated heterocycles. The summed E-state index contributed by atoms with van der Waals surface area (Å²) in [5, 5.41) is 20.9. The molecule has 0 aliphatic heterocycles. The summed E-state index contributed by atoms with van der Waals surface area (Å²) < 4.78 is 1.56. The van der Waals surface area contributed by atoms with Crippen molar-refractivity contribution in [3.8, 4) is 5.75 Å². The minimum absolute atomic E-state index is 0.105. The first kappa shape index (κ1) is 13.1. The van der Waals surface area contributed by atoms with Gasteiger partial charge in [-0.1, -0.05) is 12.1 Å². The first-order chi connectivity index (χ1) is 9.38. The van der Waals surface area contributed by atoms with Gasteiger partial charge in [-0.2, -0.15) is 0 Å². The molecule has 1 aromatic heterocycles. The molecule has 0 atom stereocenters. The second kappa shape index (κ2) is 4.30. The van der Waals surface area contributed by atoms with Crippen molar-refractivity contribution in [1.29, 1.82) is 0 Å². The molecule has 2 N–H and O–H groups in total. The number of phenols is 1. The van der Waals surface area contributed by atoms with Crippen molar-refractivity contribution in [1.82, 2.24) is 0 Å². The number of aromatic hydroxyl groups is 1. The van der Waals surface area contributed by atoms with Crippen LogP contribution in [0.2, 0.25) is 0 Å². The van der Waals surface area contributed by atoms with E-state index in [9.17, 15) is 15.0 Å². The summed E-state index contributed by atoms with van der Waals surface area (Å²) in [5.74, 6) is 0.145. The van der Waals surface area contributed by atoms with Gasteiger partial charge >= 0.3 is 0 Å². The Morgan fingerprint density at radius 1 is 1.10 bits per heavy atom. The van der Waals surface area contributed by atoms with Crippen LogP contribution in [0.4, 0.5) is 0 Å². The second-order valence-corrected chi connectivity index (χ2v) is 6.43. The minimum atomic E-state index is -1.07. The molecule has 102 valence electrons. The summed E-state index contributed by atoms with van der Waals surface area (Å²) in [7, 11) is 0. The molecular formula is C16H14O3S. The molecule has 4 heteroatoms. The van der Waals surface area contributed by atoms with Crippen molar-refractivity contribution in [3.05, 3.63) is 52.2 Å². The first-order valence-corrected chi connectivity index (χ1v) is 7.11. The molecule has 0 bridgehead atoms. The van der Waals surface area contributed by atoms with Crippen LogP contribution in [0, 0.1) is 0 Å². The van der Waals surface area contributed by atoms with E-state index >= 15 is 0 Å². The molecule has 0 saturated carbocycles. The maximum Gasteiger partial charge on any atom is 0.196 e. The lowest BCUT2D eigenvalue weighted by Gasteiger charge is -2.19. The van der Waals surface area contributed by atoms with Crippen LogP contribution in [-0.2, 0) is 5.60 Å². The minimum Gasteiger partial charge on any atom is -0.508 e. The maximum absolute atomic E-state index is 12.7. The summed E-state index contributed by atoms with van der Waals surface area (Å²) >= 11 is 1.44. The summed E-state index contributed by atoms with van der Waals surface area (Å²) in [4.78, 5) is 12.7. The van der Waals surface area contributed by atoms with Gasteiger partial charge in [0.05, 0.1) is 5.60 Å². The molecule has 0 fully saturated rings. The number of hydrogen-bond acceptors (Lipinski definition) is 4. The van der Waals surface area contributed by atoms with Crippen LogP contribution < -0.4 is 5.43 Å². The Labute approximate surface area is 119 Å². The van der Waals surface area contributed by atoms with Crippen molar-refractivity contribution in [2.45, 2.75) is 19.4 Å². The zero-order valence-corrected chi connectivity index (χ0v) is 12.0. The fourth-order valence-corrected chi connectivity index (χ4v) is 3.54. The average Bonchev–Trinajstić information content (AvgIpc) is 2.36. The first-order valence-electron chi connectivity index (χ1n) is 6.29. The fraction of sp³-hybridized carbons (Fsp3) is 0.188. The third kappa shape index (κ3) is 1.97. The second-order valence-electron chi connectivity index (χ2n) is 5.35. The van der Waals surface area contributed by atoms with E-state index in [1.165, 1.54) is 17.4 Å². The third-order valence-electron chi connectivity index (χ3n) is 3.34. The molecule has 1 heterocycles. The number of benzene rings is 2. The molecule has 3 rings (SSSR count). The van der Waals surface area contributed by atoms with E-state index in [0.29, 0.717) is 16.3 Å². The molecular weight excluding hydrogens is 272 g/mol. The molecule has 0 aliphatic rings. The molecule has 2 aromatic carbocycles. The molecule has 3 aromatic rings. The van der Waals surface area contributed by atoms with Gasteiger partial charge in [-0.3, -0.25) is 4.79 Å². The van der Waals surface area contributed by atoms with E-state index in [1.807, 2.05) is 12.1 Å². The van der Waals surface area contributed by atoms with Gasteiger partial charge in [0.15, 0.2) is 5.43 Å². The maximum atomic E-state index is 12.7. The summed E-state index contributed by atoms with van der Waals surface area (Å²) in [6.07, 6.45) is 0. The Hall–Kier alpha value is -1.91. The highest BCUT2D eigenvalue weighted by molar-refractivity contribution is 7.24. The average molecular weight is 286 g/mol. The molecule has 0 aliphatic carbocycles.